The summed E-state index contributed by atoms with van der Waals surface area (Å²) in [4.78, 5) is 11.7. The molecule has 0 bridgehead atoms. The Labute approximate surface area is 105 Å². The molecule has 1 heterocycles. The van der Waals surface area contributed by atoms with Gasteiger partial charge >= 0.3 is 5.97 Å². The van der Waals surface area contributed by atoms with Gasteiger partial charge in [-0.1, -0.05) is 12.1 Å². The normalized spacial score (nSPS) is 14.1. The molecule has 0 saturated carbocycles. The molecule has 18 heavy (non-hydrogen) atoms. The molecule has 0 radical (unpaired) electrons. The van der Waals surface area contributed by atoms with E-state index in [1.165, 1.54) is 7.11 Å². The Kier molecular flexibility index (Phi) is 3.84. The second-order valence-electron chi connectivity index (χ2n) is 3.77. The van der Waals surface area contributed by atoms with Gasteiger partial charge in [0.2, 0.25) is 6.79 Å². The van der Waals surface area contributed by atoms with Crippen molar-refractivity contribution in [3.8, 4) is 11.5 Å². The van der Waals surface area contributed by atoms with Crippen LogP contribution in [-0.4, -0.2) is 26.4 Å². The molecule has 0 saturated heterocycles. The Balaban J connectivity index is 2.24. The molecule has 0 spiro atoms. The third-order valence-corrected chi connectivity index (χ3v) is 2.63. The van der Waals surface area contributed by atoms with Crippen molar-refractivity contribution in [2.45, 2.75) is 6.04 Å². The van der Waals surface area contributed by atoms with Crippen LogP contribution in [0.3, 0.4) is 0 Å². The lowest BCUT2D eigenvalue weighted by Crippen LogP contribution is -2.29. The highest BCUT2D eigenvalue weighted by atomic mass is 16.7. The van der Waals surface area contributed by atoms with Crippen LogP contribution in [0.4, 0.5) is 0 Å². The van der Waals surface area contributed by atoms with Crippen LogP contribution in [0.2, 0.25) is 0 Å². The smallest absolute Gasteiger partial charge is 0.327 e. The van der Waals surface area contributed by atoms with Gasteiger partial charge < -0.3 is 14.2 Å². The van der Waals surface area contributed by atoms with Crippen LogP contribution in [0.5, 0.6) is 11.5 Å². The van der Waals surface area contributed by atoms with Gasteiger partial charge in [-0.05, 0) is 17.7 Å². The van der Waals surface area contributed by atoms with Crippen molar-refractivity contribution in [2.24, 2.45) is 0 Å². The van der Waals surface area contributed by atoms with Gasteiger partial charge in [-0.15, -0.1) is 6.58 Å². The molecule has 1 atom stereocenters. The topological polar surface area (TPSA) is 56.8 Å². The lowest BCUT2D eigenvalue weighted by Gasteiger charge is -2.16. The van der Waals surface area contributed by atoms with Gasteiger partial charge in [0.25, 0.3) is 0 Å². The Morgan fingerprint density at radius 1 is 1.56 bits per heavy atom. The number of nitrogens with one attached hydrogen (secondary N) is 1. The van der Waals surface area contributed by atoms with Crippen LogP contribution in [0.1, 0.15) is 11.6 Å². The Morgan fingerprint density at radius 3 is 3.06 bits per heavy atom. The Hall–Kier alpha value is -2.01. The maximum absolute atomic E-state index is 11.7. The number of ether oxygens (including phenoxy) is 3. The van der Waals surface area contributed by atoms with E-state index in [1.807, 2.05) is 6.07 Å². The van der Waals surface area contributed by atoms with Crippen molar-refractivity contribution in [3.05, 3.63) is 36.4 Å². The zero-order chi connectivity index (χ0) is 13.0. The number of rotatable bonds is 5. The van der Waals surface area contributed by atoms with Crippen LogP contribution < -0.4 is 14.8 Å². The number of fused-ring (bicyclic) bond motifs is 1. The number of benzene rings is 1. The highest BCUT2D eigenvalue weighted by Crippen LogP contribution is 2.34. The van der Waals surface area contributed by atoms with Gasteiger partial charge in [-0.3, -0.25) is 5.32 Å². The number of methoxy groups -OCH3 is 1. The predicted octanol–water partition coefficient (Wildman–Crippen LogP) is 1.40. The van der Waals surface area contributed by atoms with Gasteiger partial charge in [-0.2, -0.15) is 0 Å². The minimum atomic E-state index is -0.539. The molecule has 0 aliphatic carbocycles. The number of carbonyl (C=O) groups is 1. The summed E-state index contributed by atoms with van der Waals surface area (Å²) < 4.78 is 15.3. The molecule has 0 fully saturated rings. The third-order valence-electron chi connectivity index (χ3n) is 2.63. The van der Waals surface area contributed by atoms with E-state index in [9.17, 15) is 4.79 Å². The standard InChI is InChI=1S/C13H15NO4/c1-3-6-14-12(13(15)16-2)9-4-5-10-11(7-9)18-8-17-10/h3-5,7,12,14H,1,6,8H2,2H3. The predicted molar refractivity (Wildman–Crippen MR) is 65.5 cm³/mol. The van der Waals surface area contributed by atoms with E-state index in [0.29, 0.717) is 18.0 Å². The first-order valence-corrected chi connectivity index (χ1v) is 5.58. The first-order valence-electron chi connectivity index (χ1n) is 5.58. The van der Waals surface area contributed by atoms with Crippen LogP contribution in [0, 0.1) is 0 Å². The van der Waals surface area contributed by atoms with E-state index in [4.69, 9.17) is 14.2 Å². The zero-order valence-corrected chi connectivity index (χ0v) is 10.1. The zero-order valence-electron chi connectivity index (χ0n) is 10.1. The Bertz CT molecular complexity index is 458. The molecule has 1 N–H and O–H groups in total. The van der Waals surface area contributed by atoms with E-state index >= 15 is 0 Å². The summed E-state index contributed by atoms with van der Waals surface area (Å²) in [6, 6.07) is 4.83. The van der Waals surface area contributed by atoms with Crippen molar-refractivity contribution in [2.75, 3.05) is 20.4 Å². The van der Waals surface area contributed by atoms with E-state index in [-0.39, 0.29) is 12.8 Å². The lowest BCUT2D eigenvalue weighted by molar-refractivity contribution is -0.143. The van der Waals surface area contributed by atoms with E-state index in [1.54, 1.807) is 18.2 Å². The molecular formula is C13H15NO4. The van der Waals surface area contributed by atoms with Gasteiger partial charge in [-0.25, -0.2) is 4.79 Å². The molecule has 2 rings (SSSR count). The van der Waals surface area contributed by atoms with Crippen molar-refractivity contribution in [3.63, 3.8) is 0 Å². The second-order valence-corrected chi connectivity index (χ2v) is 3.77. The first-order chi connectivity index (χ1) is 8.76. The summed E-state index contributed by atoms with van der Waals surface area (Å²) >= 11 is 0. The molecule has 1 unspecified atom stereocenters. The lowest BCUT2D eigenvalue weighted by atomic mass is 10.1. The average molecular weight is 249 g/mol. The van der Waals surface area contributed by atoms with Crippen LogP contribution in [0.25, 0.3) is 0 Å². The average Bonchev–Trinajstić information content (AvgIpc) is 2.86. The number of hydrogen-bond acceptors (Lipinski definition) is 5. The largest absolute Gasteiger partial charge is 0.468 e. The quantitative estimate of drug-likeness (QED) is 0.631. The molecule has 5 nitrogen and oxygen atoms in total. The second kappa shape index (κ2) is 5.55. The van der Waals surface area contributed by atoms with Crippen LogP contribution >= 0.6 is 0 Å². The van der Waals surface area contributed by atoms with Crippen molar-refractivity contribution in [1.82, 2.24) is 5.32 Å². The van der Waals surface area contributed by atoms with Crippen molar-refractivity contribution in [1.29, 1.82) is 0 Å². The summed E-state index contributed by atoms with van der Waals surface area (Å²) in [5.74, 6) is 0.976. The maximum atomic E-state index is 11.7. The molecule has 96 valence electrons. The SMILES string of the molecule is C=CCNC(C(=O)OC)c1ccc2c(c1)OCO2. The van der Waals surface area contributed by atoms with E-state index < -0.39 is 6.04 Å². The molecule has 1 aliphatic rings. The van der Waals surface area contributed by atoms with Gasteiger partial charge in [0.1, 0.15) is 6.04 Å². The monoisotopic (exact) mass is 249 g/mol. The minimum absolute atomic E-state index is 0.210. The fourth-order valence-corrected chi connectivity index (χ4v) is 1.75. The van der Waals surface area contributed by atoms with E-state index in [0.717, 1.165) is 5.56 Å². The molecular weight excluding hydrogens is 234 g/mol. The number of esters is 1. The Morgan fingerprint density at radius 2 is 2.33 bits per heavy atom. The molecule has 5 heteroatoms. The first kappa shape index (κ1) is 12.4. The third kappa shape index (κ3) is 2.46. The molecule has 0 amide bonds. The highest BCUT2D eigenvalue weighted by molar-refractivity contribution is 5.78. The van der Waals surface area contributed by atoms with E-state index in [2.05, 4.69) is 11.9 Å². The molecule has 0 aromatic heterocycles. The number of hydrogen-bond donors (Lipinski definition) is 1. The highest BCUT2D eigenvalue weighted by Gasteiger charge is 2.23. The van der Waals surface area contributed by atoms with Gasteiger partial charge in [0.05, 0.1) is 7.11 Å². The summed E-state index contributed by atoms with van der Waals surface area (Å²) in [6.45, 7) is 4.33. The van der Waals surface area contributed by atoms with Crippen LogP contribution in [-0.2, 0) is 9.53 Å². The minimum Gasteiger partial charge on any atom is -0.468 e. The van der Waals surface area contributed by atoms with Gasteiger partial charge in [0, 0.05) is 6.54 Å². The van der Waals surface area contributed by atoms with Crippen LogP contribution in [0.15, 0.2) is 30.9 Å². The summed E-state index contributed by atoms with van der Waals surface area (Å²) in [5.41, 5.74) is 0.771. The molecule has 1 aromatic rings. The van der Waals surface area contributed by atoms with Gasteiger partial charge in [0.15, 0.2) is 11.5 Å². The summed E-state index contributed by atoms with van der Waals surface area (Å²) in [7, 11) is 1.36. The van der Waals surface area contributed by atoms with Crippen molar-refractivity contribution >= 4 is 5.97 Å². The van der Waals surface area contributed by atoms with Crippen molar-refractivity contribution < 1.29 is 19.0 Å². The summed E-state index contributed by atoms with van der Waals surface area (Å²) in [6.07, 6.45) is 1.68. The fraction of sp³-hybridized carbons (Fsp3) is 0.308. The molecule has 1 aliphatic heterocycles. The number of carbonyl (C=O) groups excluding carboxylic acids is 1. The molecule has 1 aromatic carbocycles. The summed E-state index contributed by atoms with van der Waals surface area (Å²) in [5, 5.41) is 3.04. The fourth-order valence-electron chi connectivity index (χ4n) is 1.75. The maximum Gasteiger partial charge on any atom is 0.327 e.